The van der Waals surface area contributed by atoms with E-state index < -0.39 is 0 Å². The SMILES string of the molecule is O=c1[nH]cnc2c(CC3CC4CCC3C4)c[nH]c12. The molecule has 2 aromatic rings. The number of rotatable bonds is 2. The minimum absolute atomic E-state index is 0.0702. The van der Waals surface area contributed by atoms with Crippen LogP contribution in [0.4, 0.5) is 0 Å². The lowest BCUT2D eigenvalue weighted by atomic mass is 9.84. The molecule has 4 rings (SSSR count). The van der Waals surface area contributed by atoms with Crippen LogP contribution in [0.5, 0.6) is 0 Å². The van der Waals surface area contributed by atoms with Crippen LogP contribution >= 0.6 is 0 Å². The van der Waals surface area contributed by atoms with Gasteiger partial charge >= 0.3 is 0 Å². The van der Waals surface area contributed by atoms with Crippen molar-refractivity contribution in [1.82, 2.24) is 15.0 Å². The Balaban J connectivity index is 1.67. The van der Waals surface area contributed by atoms with Crippen molar-refractivity contribution in [3.63, 3.8) is 0 Å². The minimum Gasteiger partial charge on any atom is -0.355 e. The van der Waals surface area contributed by atoms with Gasteiger partial charge in [-0.15, -0.1) is 0 Å². The zero-order valence-corrected chi connectivity index (χ0v) is 10.3. The smallest absolute Gasteiger partial charge is 0.275 e. The molecule has 0 spiro atoms. The predicted molar refractivity (Wildman–Crippen MR) is 69.4 cm³/mol. The van der Waals surface area contributed by atoms with Crippen LogP contribution in [0.15, 0.2) is 17.3 Å². The van der Waals surface area contributed by atoms with Gasteiger partial charge in [-0.2, -0.15) is 0 Å². The lowest BCUT2D eigenvalue weighted by Gasteiger charge is -2.20. The van der Waals surface area contributed by atoms with E-state index in [1.165, 1.54) is 37.6 Å². The molecule has 2 bridgehead atoms. The van der Waals surface area contributed by atoms with Crippen LogP contribution in [-0.2, 0) is 6.42 Å². The Morgan fingerprint density at radius 1 is 1.28 bits per heavy atom. The van der Waals surface area contributed by atoms with E-state index in [0.29, 0.717) is 5.52 Å². The van der Waals surface area contributed by atoms with Crippen LogP contribution in [0.2, 0.25) is 0 Å². The molecule has 4 nitrogen and oxygen atoms in total. The van der Waals surface area contributed by atoms with Crippen molar-refractivity contribution >= 4 is 11.0 Å². The van der Waals surface area contributed by atoms with Gasteiger partial charge in [0.2, 0.25) is 0 Å². The Morgan fingerprint density at radius 3 is 3.00 bits per heavy atom. The highest BCUT2D eigenvalue weighted by atomic mass is 16.1. The summed E-state index contributed by atoms with van der Waals surface area (Å²) in [7, 11) is 0. The largest absolute Gasteiger partial charge is 0.355 e. The topological polar surface area (TPSA) is 61.5 Å². The number of nitrogens with zero attached hydrogens (tertiary/aromatic N) is 1. The average molecular weight is 243 g/mol. The van der Waals surface area contributed by atoms with Gasteiger partial charge in [0, 0.05) is 6.20 Å². The molecular weight excluding hydrogens is 226 g/mol. The van der Waals surface area contributed by atoms with Crippen LogP contribution in [0.3, 0.4) is 0 Å². The zero-order chi connectivity index (χ0) is 12.1. The fraction of sp³-hybridized carbons (Fsp3) is 0.571. The Labute approximate surface area is 105 Å². The molecule has 0 aliphatic heterocycles. The molecule has 0 amide bonds. The van der Waals surface area contributed by atoms with Crippen LogP contribution < -0.4 is 5.56 Å². The maximum atomic E-state index is 11.6. The second-order valence-corrected chi connectivity index (χ2v) is 5.91. The van der Waals surface area contributed by atoms with Gasteiger partial charge in [0.05, 0.1) is 11.8 Å². The molecule has 3 unspecified atom stereocenters. The summed E-state index contributed by atoms with van der Waals surface area (Å²) in [5.41, 5.74) is 2.63. The molecule has 2 heterocycles. The normalized spacial score (nSPS) is 30.3. The Kier molecular flexibility index (Phi) is 2.13. The average Bonchev–Trinajstić information content (AvgIpc) is 3.05. The molecule has 2 saturated carbocycles. The Hall–Kier alpha value is -1.58. The first-order chi connectivity index (χ1) is 8.81. The molecule has 4 heteroatoms. The highest BCUT2D eigenvalue weighted by Gasteiger charge is 2.39. The van der Waals surface area contributed by atoms with E-state index in [0.717, 1.165) is 29.7 Å². The minimum atomic E-state index is -0.0702. The summed E-state index contributed by atoms with van der Waals surface area (Å²) >= 11 is 0. The van der Waals surface area contributed by atoms with E-state index in [2.05, 4.69) is 15.0 Å². The second-order valence-electron chi connectivity index (χ2n) is 5.91. The summed E-state index contributed by atoms with van der Waals surface area (Å²) in [6.45, 7) is 0. The quantitative estimate of drug-likeness (QED) is 0.849. The summed E-state index contributed by atoms with van der Waals surface area (Å²) in [4.78, 5) is 21.6. The molecule has 0 aromatic carbocycles. The summed E-state index contributed by atoms with van der Waals surface area (Å²) in [6, 6.07) is 0. The standard InChI is InChI=1S/C14H17N3O/c18-14-13-12(16-7-17-14)11(6-15-13)5-10-4-8-1-2-9(10)3-8/h6-10,15H,1-5H2,(H,16,17,18). The summed E-state index contributed by atoms with van der Waals surface area (Å²) < 4.78 is 0. The van der Waals surface area contributed by atoms with Crippen molar-refractivity contribution in [2.24, 2.45) is 17.8 Å². The maximum absolute atomic E-state index is 11.6. The van der Waals surface area contributed by atoms with E-state index >= 15 is 0 Å². The van der Waals surface area contributed by atoms with Gasteiger partial charge in [0.25, 0.3) is 5.56 Å². The van der Waals surface area contributed by atoms with Crippen LogP contribution in [-0.4, -0.2) is 15.0 Å². The number of H-pyrrole nitrogens is 2. The van der Waals surface area contributed by atoms with Gasteiger partial charge < -0.3 is 9.97 Å². The molecule has 0 saturated heterocycles. The van der Waals surface area contributed by atoms with Crippen LogP contribution in [0.1, 0.15) is 31.2 Å². The van der Waals surface area contributed by atoms with E-state index in [1.54, 1.807) is 0 Å². The third-order valence-corrected chi connectivity index (χ3v) is 4.91. The number of aromatic nitrogens is 3. The molecule has 2 N–H and O–H groups in total. The third kappa shape index (κ3) is 1.44. The van der Waals surface area contributed by atoms with Crippen molar-refractivity contribution in [2.75, 3.05) is 0 Å². The Bertz CT molecular complexity index is 642. The van der Waals surface area contributed by atoms with Crippen molar-refractivity contribution in [2.45, 2.75) is 32.1 Å². The van der Waals surface area contributed by atoms with Crippen molar-refractivity contribution in [3.8, 4) is 0 Å². The number of hydrogen-bond donors (Lipinski definition) is 2. The third-order valence-electron chi connectivity index (χ3n) is 4.91. The summed E-state index contributed by atoms with van der Waals surface area (Å²) in [6.07, 6.45) is 10.2. The first-order valence-corrected chi connectivity index (χ1v) is 6.85. The van der Waals surface area contributed by atoms with Gasteiger partial charge in [-0.3, -0.25) is 4.79 Å². The molecule has 2 aliphatic rings. The van der Waals surface area contributed by atoms with Gasteiger partial charge in [-0.1, -0.05) is 6.42 Å². The molecule has 2 aromatic heterocycles. The van der Waals surface area contributed by atoms with Crippen LogP contribution in [0, 0.1) is 17.8 Å². The first-order valence-electron chi connectivity index (χ1n) is 6.85. The van der Waals surface area contributed by atoms with Gasteiger partial charge in [0.15, 0.2) is 0 Å². The fourth-order valence-corrected chi connectivity index (χ4v) is 4.07. The number of fused-ring (bicyclic) bond motifs is 3. The molecule has 18 heavy (non-hydrogen) atoms. The number of hydrogen-bond acceptors (Lipinski definition) is 2. The van der Waals surface area contributed by atoms with E-state index in [1.807, 2.05) is 6.20 Å². The highest BCUT2D eigenvalue weighted by Crippen LogP contribution is 2.49. The predicted octanol–water partition coefficient (Wildman–Crippen LogP) is 2.23. The van der Waals surface area contributed by atoms with E-state index in [-0.39, 0.29) is 5.56 Å². The Morgan fingerprint density at radius 2 is 2.22 bits per heavy atom. The van der Waals surface area contributed by atoms with Crippen molar-refractivity contribution in [3.05, 3.63) is 28.4 Å². The lowest BCUT2D eigenvalue weighted by Crippen LogP contribution is -2.13. The molecule has 94 valence electrons. The first kappa shape index (κ1) is 10.4. The number of aromatic amines is 2. The van der Waals surface area contributed by atoms with Gasteiger partial charge in [-0.25, -0.2) is 4.98 Å². The molecular formula is C14H17N3O. The highest BCUT2D eigenvalue weighted by molar-refractivity contribution is 5.77. The molecule has 2 aliphatic carbocycles. The summed E-state index contributed by atoms with van der Waals surface area (Å²) in [5, 5.41) is 0. The van der Waals surface area contributed by atoms with E-state index in [4.69, 9.17) is 0 Å². The molecule has 3 atom stereocenters. The van der Waals surface area contributed by atoms with Crippen molar-refractivity contribution < 1.29 is 0 Å². The van der Waals surface area contributed by atoms with Crippen molar-refractivity contribution in [1.29, 1.82) is 0 Å². The molecule has 0 radical (unpaired) electrons. The fourth-order valence-electron chi connectivity index (χ4n) is 4.07. The van der Waals surface area contributed by atoms with Crippen LogP contribution in [0.25, 0.3) is 11.0 Å². The maximum Gasteiger partial charge on any atom is 0.275 e. The zero-order valence-electron chi connectivity index (χ0n) is 10.3. The lowest BCUT2D eigenvalue weighted by molar-refractivity contribution is 0.332. The summed E-state index contributed by atoms with van der Waals surface area (Å²) in [5.74, 6) is 2.70. The van der Waals surface area contributed by atoms with Gasteiger partial charge in [-0.05, 0) is 49.0 Å². The second kappa shape index (κ2) is 3.70. The number of nitrogens with one attached hydrogen (secondary N) is 2. The molecule has 2 fully saturated rings. The monoisotopic (exact) mass is 243 g/mol. The van der Waals surface area contributed by atoms with Gasteiger partial charge in [0.1, 0.15) is 5.52 Å². The van der Waals surface area contributed by atoms with E-state index in [9.17, 15) is 4.79 Å².